The highest BCUT2D eigenvalue weighted by Gasteiger charge is 2.07. The first-order valence-corrected chi connectivity index (χ1v) is 7.08. The summed E-state index contributed by atoms with van der Waals surface area (Å²) in [6.45, 7) is 4.04. The Morgan fingerprint density at radius 2 is 1.90 bits per heavy atom. The molecule has 1 atom stereocenters. The van der Waals surface area contributed by atoms with Crippen molar-refractivity contribution in [2.75, 3.05) is 0 Å². The maximum Gasteiger partial charge on any atom is 0.122 e. The van der Waals surface area contributed by atoms with Gasteiger partial charge in [0.05, 0.1) is 6.10 Å². The quantitative estimate of drug-likeness (QED) is 0.867. The summed E-state index contributed by atoms with van der Waals surface area (Å²) < 4.78 is 5.77. The van der Waals surface area contributed by atoms with Gasteiger partial charge in [-0.2, -0.15) is 0 Å². The number of benzene rings is 2. The lowest BCUT2D eigenvalue weighted by atomic mass is 10.1. The standard InChI is InChI=1S/C16H16Cl2O2/c1-10-7-12(11(2)19)3-6-16(10)20-9-13-8-14(17)4-5-15(13)18/h3-8,11,19H,9H2,1-2H3/t11-/m0/s1. The second kappa shape index (κ2) is 6.49. The minimum Gasteiger partial charge on any atom is -0.489 e. The van der Waals surface area contributed by atoms with Crippen molar-refractivity contribution in [2.24, 2.45) is 0 Å². The van der Waals surface area contributed by atoms with Crippen molar-refractivity contribution in [3.05, 3.63) is 63.1 Å². The molecule has 0 spiro atoms. The van der Waals surface area contributed by atoms with Crippen LogP contribution in [-0.4, -0.2) is 5.11 Å². The van der Waals surface area contributed by atoms with Crippen LogP contribution in [0.25, 0.3) is 0 Å². The number of aliphatic hydroxyl groups is 1. The normalized spacial score (nSPS) is 12.2. The number of ether oxygens (including phenoxy) is 1. The van der Waals surface area contributed by atoms with Crippen LogP contribution in [0, 0.1) is 6.92 Å². The zero-order valence-electron chi connectivity index (χ0n) is 11.4. The number of hydrogen-bond acceptors (Lipinski definition) is 2. The van der Waals surface area contributed by atoms with Crippen molar-refractivity contribution >= 4 is 23.2 Å². The lowest BCUT2D eigenvalue weighted by Gasteiger charge is -2.13. The number of aliphatic hydroxyl groups excluding tert-OH is 1. The molecule has 0 saturated carbocycles. The van der Waals surface area contributed by atoms with E-state index >= 15 is 0 Å². The minimum atomic E-state index is -0.481. The Labute approximate surface area is 128 Å². The first-order valence-electron chi connectivity index (χ1n) is 6.32. The molecule has 0 unspecified atom stereocenters. The molecular weight excluding hydrogens is 295 g/mol. The zero-order chi connectivity index (χ0) is 14.7. The van der Waals surface area contributed by atoms with E-state index in [-0.39, 0.29) is 0 Å². The van der Waals surface area contributed by atoms with Gasteiger partial charge in [-0.1, -0.05) is 29.3 Å². The first kappa shape index (κ1) is 15.2. The molecule has 106 valence electrons. The summed E-state index contributed by atoms with van der Waals surface area (Å²) in [7, 11) is 0. The number of halogens is 2. The van der Waals surface area contributed by atoms with Crippen LogP contribution < -0.4 is 4.74 Å². The molecule has 0 heterocycles. The summed E-state index contributed by atoms with van der Waals surface area (Å²) in [6.07, 6.45) is -0.481. The largest absolute Gasteiger partial charge is 0.489 e. The molecule has 0 aliphatic heterocycles. The Balaban J connectivity index is 2.13. The van der Waals surface area contributed by atoms with Gasteiger partial charge in [-0.05, 0) is 55.3 Å². The molecule has 2 aromatic carbocycles. The maximum atomic E-state index is 9.54. The Morgan fingerprint density at radius 3 is 2.55 bits per heavy atom. The minimum absolute atomic E-state index is 0.355. The van der Waals surface area contributed by atoms with Crippen molar-refractivity contribution in [1.82, 2.24) is 0 Å². The van der Waals surface area contributed by atoms with Gasteiger partial charge in [0.1, 0.15) is 12.4 Å². The molecule has 0 aromatic heterocycles. The Hall–Kier alpha value is -1.22. The van der Waals surface area contributed by atoms with Crippen molar-refractivity contribution in [3.8, 4) is 5.75 Å². The molecule has 20 heavy (non-hydrogen) atoms. The maximum absolute atomic E-state index is 9.54. The third-order valence-corrected chi connectivity index (χ3v) is 3.68. The van der Waals surface area contributed by atoms with Crippen LogP contribution in [0.15, 0.2) is 36.4 Å². The van der Waals surface area contributed by atoms with Crippen LogP contribution >= 0.6 is 23.2 Å². The summed E-state index contributed by atoms with van der Waals surface area (Å²) in [4.78, 5) is 0. The first-order chi connectivity index (χ1) is 9.47. The van der Waals surface area contributed by atoms with Crippen LogP contribution in [0.3, 0.4) is 0 Å². The van der Waals surface area contributed by atoms with E-state index in [1.54, 1.807) is 25.1 Å². The average molecular weight is 311 g/mol. The van der Waals surface area contributed by atoms with Crippen LogP contribution in [0.4, 0.5) is 0 Å². The fourth-order valence-corrected chi connectivity index (χ4v) is 2.27. The van der Waals surface area contributed by atoms with E-state index in [0.29, 0.717) is 16.7 Å². The van der Waals surface area contributed by atoms with Gasteiger partial charge in [-0.15, -0.1) is 0 Å². The smallest absolute Gasteiger partial charge is 0.122 e. The second-order valence-electron chi connectivity index (χ2n) is 4.73. The summed E-state index contributed by atoms with van der Waals surface area (Å²) >= 11 is 12.0. The molecule has 2 rings (SSSR count). The lowest BCUT2D eigenvalue weighted by molar-refractivity contribution is 0.199. The molecule has 0 bridgehead atoms. The molecule has 0 fully saturated rings. The van der Waals surface area contributed by atoms with E-state index in [0.717, 1.165) is 22.4 Å². The summed E-state index contributed by atoms with van der Waals surface area (Å²) in [5.74, 6) is 0.769. The topological polar surface area (TPSA) is 29.5 Å². The van der Waals surface area contributed by atoms with Crippen LogP contribution in [-0.2, 0) is 6.61 Å². The van der Waals surface area contributed by atoms with Gasteiger partial charge in [0.15, 0.2) is 0 Å². The molecule has 4 heteroatoms. The molecule has 0 radical (unpaired) electrons. The van der Waals surface area contributed by atoms with Gasteiger partial charge in [0, 0.05) is 15.6 Å². The third kappa shape index (κ3) is 3.66. The molecule has 2 aromatic rings. The highest BCUT2D eigenvalue weighted by molar-refractivity contribution is 6.33. The highest BCUT2D eigenvalue weighted by atomic mass is 35.5. The molecule has 0 aliphatic carbocycles. The highest BCUT2D eigenvalue weighted by Crippen LogP contribution is 2.26. The Kier molecular flexibility index (Phi) is 4.92. The number of aryl methyl sites for hydroxylation is 1. The third-order valence-electron chi connectivity index (χ3n) is 3.07. The fraction of sp³-hybridized carbons (Fsp3) is 0.250. The van der Waals surface area contributed by atoms with E-state index in [1.807, 2.05) is 25.1 Å². The monoisotopic (exact) mass is 310 g/mol. The fourth-order valence-electron chi connectivity index (χ4n) is 1.90. The molecule has 0 aliphatic rings. The molecular formula is C16H16Cl2O2. The SMILES string of the molecule is Cc1cc([C@H](C)O)ccc1OCc1cc(Cl)ccc1Cl. The van der Waals surface area contributed by atoms with Gasteiger partial charge in [0.2, 0.25) is 0 Å². The predicted molar refractivity (Wildman–Crippen MR) is 82.6 cm³/mol. The summed E-state index contributed by atoms with van der Waals surface area (Å²) in [5.41, 5.74) is 2.69. The molecule has 0 amide bonds. The van der Waals surface area contributed by atoms with Crippen molar-refractivity contribution in [1.29, 1.82) is 0 Å². The van der Waals surface area contributed by atoms with Gasteiger partial charge >= 0.3 is 0 Å². The van der Waals surface area contributed by atoms with E-state index in [4.69, 9.17) is 27.9 Å². The predicted octanol–water partition coefficient (Wildman–Crippen LogP) is 4.93. The van der Waals surface area contributed by atoms with Crippen LogP contribution in [0.5, 0.6) is 5.75 Å². The number of rotatable bonds is 4. The Morgan fingerprint density at radius 1 is 1.15 bits per heavy atom. The molecule has 2 nitrogen and oxygen atoms in total. The van der Waals surface area contributed by atoms with Gasteiger partial charge in [0.25, 0.3) is 0 Å². The van der Waals surface area contributed by atoms with E-state index in [2.05, 4.69) is 0 Å². The molecule has 1 N–H and O–H groups in total. The van der Waals surface area contributed by atoms with E-state index in [9.17, 15) is 5.11 Å². The lowest BCUT2D eigenvalue weighted by Crippen LogP contribution is -1.99. The summed E-state index contributed by atoms with van der Waals surface area (Å²) in [5, 5.41) is 10.8. The van der Waals surface area contributed by atoms with Crippen molar-refractivity contribution in [2.45, 2.75) is 26.6 Å². The van der Waals surface area contributed by atoms with Gasteiger partial charge in [-0.25, -0.2) is 0 Å². The zero-order valence-corrected chi connectivity index (χ0v) is 12.9. The van der Waals surface area contributed by atoms with E-state index in [1.165, 1.54) is 0 Å². The number of hydrogen-bond donors (Lipinski definition) is 1. The Bertz CT molecular complexity index is 609. The second-order valence-corrected chi connectivity index (χ2v) is 5.57. The van der Waals surface area contributed by atoms with Crippen LogP contribution in [0.2, 0.25) is 10.0 Å². The molecule has 0 saturated heterocycles. The summed E-state index contributed by atoms with van der Waals surface area (Å²) in [6, 6.07) is 10.9. The van der Waals surface area contributed by atoms with Crippen molar-refractivity contribution in [3.63, 3.8) is 0 Å². The van der Waals surface area contributed by atoms with Gasteiger partial charge in [-0.3, -0.25) is 0 Å². The van der Waals surface area contributed by atoms with E-state index < -0.39 is 6.10 Å². The average Bonchev–Trinajstić information content (AvgIpc) is 2.40. The van der Waals surface area contributed by atoms with Crippen LogP contribution in [0.1, 0.15) is 29.7 Å². The van der Waals surface area contributed by atoms with Gasteiger partial charge < -0.3 is 9.84 Å². The van der Waals surface area contributed by atoms with Crippen molar-refractivity contribution < 1.29 is 9.84 Å².